The van der Waals surface area contributed by atoms with E-state index < -0.39 is 0 Å². The minimum absolute atomic E-state index is 0.381. The second-order valence-corrected chi connectivity index (χ2v) is 4.66. The van der Waals surface area contributed by atoms with E-state index in [1.807, 2.05) is 13.1 Å². The zero-order chi connectivity index (χ0) is 11.4. The van der Waals surface area contributed by atoms with Crippen LogP contribution in [0.15, 0.2) is 24.3 Å². The van der Waals surface area contributed by atoms with E-state index in [0.717, 1.165) is 18.3 Å². The third kappa shape index (κ3) is 3.24. The Morgan fingerprint density at radius 3 is 2.94 bits per heavy atom. The molecule has 0 saturated heterocycles. The van der Waals surface area contributed by atoms with Gasteiger partial charge in [0.25, 0.3) is 0 Å². The third-order valence-electron chi connectivity index (χ3n) is 3.28. The molecule has 2 nitrogen and oxygen atoms in total. The Morgan fingerprint density at radius 2 is 2.25 bits per heavy atom. The van der Waals surface area contributed by atoms with Crippen LogP contribution in [0.2, 0.25) is 0 Å². The predicted molar refractivity (Wildman–Crippen MR) is 66.8 cm³/mol. The molecule has 2 rings (SSSR count). The Bertz CT molecular complexity index is 333. The molecule has 1 atom stereocenters. The predicted octanol–water partition coefficient (Wildman–Crippen LogP) is 3.15. The fraction of sp³-hybridized carbons (Fsp3) is 0.571. The average molecular weight is 219 g/mol. The number of ether oxygens (including phenoxy) is 1. The highest BCUT2D eigenvalue weighted by molar-refractivity contribution is 5.30. The monoisotopic (exact) mass is 219 g/mol. The second-order valence-electron chi connectivity index (χ2n) is 4.66. The van der Waals surface area contributed by atoms with Crippen molar-refractivity contribution in [2.45, 2.75) is 32.2 Å². The van der Waals surface area contributed by atoms with Crippen molar-refractivity contribution >= 4 is 0 Å². The van der Waals surface area contributed by atoms with Gasteiger partial charge in [0.2, 0.25) is 0 Å². The van der Waals surface area contributed by atoms with Crippen molar-refractivity contribution in [1.29, 1.82) is 0 Å². The van der Waals surface area contributed by atoms with Crippen LogP contribution in [0.1, 0.15) is 37.8 Å². The van der Waals surface area contributed by atoms with Crippen LogP contribution in [0.4, 0.5) is 0 Å². The Hall–Kier alpha value is -1.02. The molecule has 88 valence electrons. The van der Waals surface area contributed by atoms with E-state index in [2.05, 4.69) is 30.4 Å². The van der Waals surface area contributed by atoms with E-state index in [9.17, 15) is 0 Å². The Morgan fingerprint density at radius 1 is 1.44 bits per heavy atom. The maximum Gasteiger partial charge on any atom is 0.119 e. The summed E-state index contributed by atoms with van der Waals surface area (Å²) in [5.41, 5.74) is 1.28. The molecule has 0 heterocycles. The molecule has 0 aliphatic heterocycles. The third-order valence-corrected chi connectivity index (χ3v) is 3.28. The second kappa shape index (κ2) is 5.35. The van der Waals surface area contributed by atoms with Gasteiger partial charge in [-0.1, -0.05) is 25.0 Å². The molecule has 1 N–H and O–H groups in total. The first-order valence-electron chi connectivity index (χ1n) is 6.19. The first kappa shape index (κ1) is 11.5. The highest BCUT2D eigenvalue weighted by Gasteiger charge is 2.20. The van der Waals surface area contributed by atoms with E-state index in [4.69, 9.17) is 4.74 Å². The zero-order valence-corrected chi connectivity index (χ0v) is 10.2. The van der Waals surface area contributed by atoms with Gasteiger partial charge in [0.1, 0.15) is 5.75 Å². The van der Waals surface area contributed by atoms with Crippen LogP contribution >= 0.6 is 0 Å². The summed E-state index contributed by atoms with van der Waals surface area (Å²) in [7, 11) is 1.98. The Balaban J connectivity index is 1.87. The summed E-state index contributed by atoms with van der Waals surface area (Å²) in [6.45, 7) is 3.02. The minimum Gasteiger partial charge on any atom is -0.494 e. The molecule has 0 unspecified atom stereocenters. The number of hydrogen-bond acceptors (Lipinski definition) is 2. The molecule has 0 spiro atoms. The van der Waals surface area contributed by atoms with Crippen LogP contribution < -0.4 is 10.1 Å². The molecule has 0 aromatic heterocycles. The lowest BCUT2D eigenvalue weighted by Gasteiger charge is -2.12. The van der Waals surface area contributed by atoms with Gasteiger partial charge in [-0.2, -0.15) is 0 Å². The zero-order valence-electron chi connectivity index (χ0n) is 10.2. The molecule has 1 fully saturated rings. The topological polar surface area (TPSA) is 21.3 Å². The highest BCUT2D eigenvalue weighted by Crippen LogP contribution is 2.32. The van der Waals surface area contributed by atoms with Gasteiger partial charge >= 0.3 is 0 Å². The lowest BCUT2D eigenvalue weighted by Crippen LogP contribution is -2.12. The van der Waals surface area contributed by atoms with Crippen molar-refractivity contribution in [3.05, 3.63) is 29.8 Å². The molecule has 0 radical (unpaired) electrons. The van der Waals surface area contributed by atoms with Crippen molar-refractivity contribution in [1.82, 2.24) is 5.32 Å². The summed E-state index contributed by atoms with van der Waals surface area (Å²) in [5.74, 6) is 1.94. The summed E-state index contributed by atoms with van der Waals surface area (Å²) in [4.78, 5) is 0. The van der Waals surface area contributed by atoms with Crippen molar-refractivity contribution in [3.8, 4) is 5.75 Å². The van der Waals surface area contributed by atoms with E-state index in [1.54, 1.807) is 0 Å². The molecule has 2 heteroatoms. The molecule has 1 aliphatic carbocycles. The quantitative estimate of drug-likeness (QED) is 0.793. The molecular weight excluding hydrogens is 198 g/mol. The lowest BCUT2D eigenvalue weighted by atomic mass is 10.1. The first-order chi connectivity index (χ1) is 7.79. The number of rotatable bonds is 6. The number of benzene rings is 1. The van der Waals surface area contributed by atoms with Crippen LogP contribution in [-0.2, 0) is 0 Å². The van der Waals surface area contributed by atoms with Crippen molar-refractivity contribution < 1.29 is 4.74 Å². The molecule has 1 aromatic rings. The minimum atomic E-state index is 0.381. The first-order valence-corrected chi connectivity index (χ1v) is 6.19. The molecule has 1 aliphatic rings. The van der Waals surface area contributed by atoms with E-state index in [0.29, 0.717) is 6.04 Å². The maximum absolute atomic E-state index is 5.76. The summed E-state index contributed by atoms with van der Waals surface area (Å²) in [5, 5.41) is 3.24. The molecule has 0 bridgehead atoms. The van der Waals surface area contributed by atoms with Crippen LogP contribution in [-0.4, -0.2) is 13.7 Å². The van der Waals surface area contributed by atoms with Crippen LogP contribution in [0.3, 0.4) is 0 Å². The summed E-state index contributed by atoms with van der Waals surface area (Å²) in [6.07, 6.45) is 4.02. The van der Waals surface area contributed by atoms with Gasteiger partial charge in [-0.05, 0) is 44.0 Å². The van der Waals surface area contributed by atoms with Gasteiger partial charge in [0.05, 0.1) is 6.61 Å². The van der Waals surface area contributed by atoms with Gasteiger partial charge in [-0.3, -0.25) is 0 Å². The van der Waals surface area contributed by atoms with Crippen LogP contribution in [0.25, 0.3) is 0 Å². The molecule has 1 aromatic carbocycles. The smallest absolute Gasteiger partial charge is 0.119 e. The molecule has 1 saturated carbocycles. The van der Waals surface area contributed by atoms with Gasteiger partial charge < -0.3 is 10.1 Å². The summed E-state index contributed by atoms with van der Waals surface area (Å²) >= 11 is 0. The van der Waals surface area contributed by atoms with E-state index in [-0.39, 0.29) is 0 Å². The fourth-order valence-corrected chi connectivity index (χ4v) is 1.79. The normalized spacial score (nSPS) is 17.1. The summed E-state index contributed by atoms with van der Waals surface area (Å²) in [6, 6.07) is 8.75. The molecular formula is C14H21NO. The average Bonchev–Trinajstić information content (AvgIpc) is 3.12. The van der Waals surface area contributed by atoms with Crippen molar-refractivity contribution in [3.63, 3.8) is 0 Å². The van der Waals surface area contributed by atoms with Gasteiger partial charge in [-0.25, -0.2) is 0 Å². The molecule has 0 amide bonds. The van der Waals surface area contributed by atoms with Crippen LogP contribution in [0, 0.1) is 5.92 Å². The standard InChI is InChI=1S/C14H21NO/c1-11(15-2)13-4-3-5-14(10-13)16-9-8-12-6-7-12/h3-5,10-12,15H,6-9H2,1-2H3/t11-/m1/s1. The van der Waals surface area contributed by atoms with Crippen molar-refractivity contribution in [2.75, 3.05) is 13.7 Å². The maximum atomic E-state index is 5.76. The Labute approximate surface area is 98.0 Å². The largest absolute Gasteiger partial charge is 0.494 e. The number of hydrogen-bond donors (Lipinski definition) is 1. The lowest BCUT2D eigenvalue weighted by molar-refractivity contribution is 0.302. The van der Waals surface area contributed by atoms with Gasteiger partial charge in [0.15, 0.2) is 0 Å². The van der Waals surface area contributed by atoms with Gasteiger partial charge in [-0.15, -0.1) is 0 Å². The van der Waals surface area contributed by atoms with E-state index >= 15 is 0 Å². The van der Waals surface area contributed by atoms with Gasteiger partial charge in [0, 0.05) is 6.04 Å². The number of nitrogens with one attached hydrogen (secondary N) is 1. The van der Waals surface area contributed by atoms with Crippen LogP contribution in [0.5, 0.6) is 5.75 Å². The molecule has 16 heavy (non-hydrogen) atoms. The SMILES string of the molecule is CN[C@H](C)c1cccc(OCCC2CC2)c1. The van der Waals surface area contributed by atoms with E-state index in [1.165, 1.54) is 24.8 Å². The highest BCUT2D eigenvalue weighted by atomic mass is 16.5. The fourth-order valence-electron chi connectivity index (χ4n) is 1.79. The van der Waals surface area contributed by atoms with Crippen molar-refractivity contribution in [2.24, 2.45) is 5.92 Å². The Kier molecular flexibility index (Phi) is 3.83. The summed E-state index contributed by atoms with van der Waals surface area (Å²) < 4.78 is 5.76.